The number of carbonyl (C=O) groups excluding carboxylic acids is 1. The lowest BCUT2D eigenvalue weighted by atomic mass is 10.0. The summed E-state index contributed by atoms with van der Waals surface area (Å²) in [5.74, 6) is -0.246. The van der Waals surface area contributed by atoms with Crippen LogP contribution in [-0.2, 0) is 18.4 Å². The van der Waals surface area contributed by atoms with E-state index >= 15 is 0 Å². The number of hydrogen-bond donors (Lipinski definition) is 3. The van der Waals surface area contributed by atoms with Gasteiger partial charge in [0, 0.05) is 6.42 Å². The zero-order chi connectivity index (χ0) is 38.6. The van der Waals surface area contributed by atoms with Crippen LogP contribution in [0.25, 0.3) is 0 Å². The molecule has 0 aromatic carbocycles. The quantitative estimate of drug-likeness (QED) is 0.0251. The third-order valence-corrected chi connectivity index (χ3v) is 10.3. The van der Waals surface area contributed by atoms with Crippen LogP contribution in [0.15, 0.2) is 36.5 Å². The molecule has 3 atom stereocenters. The van der Waals surface area contributed by atoms with Crippen LogP contribution in [0.3, 0.4) is 0 Å². The van der Waals surface area contributed by atoms with Gasteiger partial charge in [-0.15, -0.1) is 0 Å². The second-order valence-electron chi connectivity index (χ2n) is 15.7. The van der Waals surface area contributed by atoms with Gasteiger partial charge in [-0.05, 0) is 44.9 Å². The van der Waals surface area contributed by atoms with Gasteiger partial charge in [-0.3, -0.25) is 13.8 Å². The summed E-state index contributed by atoms with van der Waals surface area (Å²) in [6, 6.07) is -0.862. The van der Waals surface area contributed by atoms with Crippen molar-refractivity contribution in [3.8, 4) is 0 Å². The molecule has 0 spiro atoms. The molecule has 9 heteroatoms. The molecule has 52 heavy (non-hydrogen) atoms. The molecule has 0 bridgehead atoms. The normalized spacial score (nSPS) is 14.8. The maximum Gasteiger partial charge on any atom is 0.472 e. The van der Waals surface area contributed by atoms with Crippen LogP contribution in [-0.4, -0.2) is 73.4 Å². The molecule has 306 valence electrons. The summed E-state index contributed by atoms with van der Waals surface area (Å²) in [6.07, 6.45) is 44.1. The molecular weight excluding hydrogens is 671 g/mol. The summed E-state index contributed by atoms with van der Waals surface area (Å²) in [4.78, 5) is 22.2. The first-order valence-electron chi connectivity index (χ1n) is 21.4. The Balaban J connectivity index is 3.89. The molecule has 3 N–H and O–H groups in total. The Kier molecular flexibility index (Phi) is 34.6. The number of aliphatic hydroxyl groups is 1. The lowest BCUT2D eigenvalue weighted by Gasteiger charge is -2.25. The van der Waals surface area contributed by atoms with Gasteiger partial charge in [0.2, 0.25) is 5.91 Å². The molecule has 1 amide bonds. The molecular formula is C43H84N2O6P+. The number of allylic oxidation sites excluding steroid dienone is 5. The minimum atomic E-state index is -4.32. The molecule has 0 aliphatic carbocycles. The van der Waals surface area contributed by atoms with Crippen LogP contribution in [0.5, 0.6) is 0 Å². The number of phosphoric acid groups is 1. The number of amides is 1. The van der Waals surface area contributed by atoms with Crippen LogP contribution in [0, 0.1) is 0 Å². The molecule has 0 aliphatic heterocycles. The summed E-state index contributed by atoms with van der Waals surface area (Å²) in [7, 11) is 1.54. The first kappa shape index (κ1) is 50.7. The first-order chi connectivity index (χ1) is 25.0. The molecule has 0 heterocycles. The van der Waals surface area contributed by atoms with Crippen LogP contribution in [0.2, 0.25) is 0 Å². The van der Waals surface area contributed by atoms with Crippen molar-refractivity contribution in [1.29, 1.82) is 0 Å². The smallest absolute Gasteiger partial charge is 0.387 e. The lowest BCUT2D eigenvalue weighted by Crippen LogP contribution is -2.45. The van der Waals surface area contributed by atoms with Crippen LogP contribution in [0.1, 0.15) is 181 Å². The number of rotatable bonds is 38. The zero-order valence-corrected chi connectivity index (χ0v) is 35.4. The second-order valence-corrected chi connectivity index (χ2v) is 17.2. The number of phosphoric ester groups is 1. The maximum atomic E-state index is 12.3. The van der Waals surface area contributed by atoms with Crippen LogP contribution >= 0.6 is 7.82 Å². The number of nitrogens with zero attached hydrogens (tertiary/aromatic N) is 1. The SMILES string of the molecule is CCCCCCCCCCCCCCCCCCCCC/C=C/CC/C=C/CC/C=C/C(O)C(COP(=O)(O)OCC[N+](C)(C)C)NC(=O)CCC. The number of hydrogen-bond acceptors (Lipinski definition) is 5. The Hall–Kier alpha value is -1.28. The first-order valence-corrected chi connectivity index (χ1v) is 22.9. The standard InChI is InChI=1S/C43H83N2O6P/c1-6-8-9-10-11-12-13-14-15-16-17-18-19-20-21-22-23-24-25-26-27-28-29-30-31-32-33-34-35-37-42(46)41(44-43(47)36-7-2)40-51-52(48,49)50-39-38-45(3,4)5/h27-28,31-32,35,37,41-42,46H,6-26,29-30,33-34,36,38-40H2,1-5H3,(H-,44,47,48,49)/p+1/b28-27+,32-31+,37-35+. The molecule has 0 aromatic heterocycles. The van der Waals surface area contributed by atoms with E-state index in [0.29, 0.717) is 23.9 Å². The lowest BCUT2D eigenvalue weighted by molar-refractivity contribution is -0.870. The molecule has 3 unspecified atom stereocenters. The Morgan fingerprint density at radius 1 is 0.635 bits per heavy atom. The highest BCUT2D eigenvalue weighted by molar-refractivity contribution is 7.47. The zero-order valence-electron chi connectivity index (χ0n) is 34.5. The predicted molar refractivity (Wildman–Crippen MR) is 221 cm³/mol. The van der Waals surface area contributed by atoms with E-state index in [9.17, 15) is 19.4 Å². The number of quaternary nitrogens is 1. The molecule has 0 saturated heterocycles. The van der Waals surface area contributed by atoms with Gasteiger partial charge in [0.1, 0.15) is 13.2 Å². The third kappa shape index (κ3) is 37.1. The van der Waals surface area contributed by atoms with E-state index in [-0.39, 0.29) is 19.1 Å². The van der Waals surface area contributed by atoms with Gasteiger partial charge in [-0.2, -0.15) is 0 Å². The van der Waals surface area contributed by atoms with Crippen LogP contribution in [0.4, 0.5) is 0 Å². The van der Waals surface area contributed by atoms with E-state index in [1.54, 1.807) is 6.08 Å². The van der Waals surface area contributed by atoms with Crippen LogP contribution < -0.4 is 5.32 Å². The summed E-state index contributed by atoms with van der Waals surface area (Å²) in [6.45, 7) is 4.42. The topological polar surface area (TPSA) is 105 Å². The Morgan fingerprint density at radius 3 is 1.50 bits per heavy atom. The van der Waals surface area contributed by atoms with E-state index in [4.69, 9.17) is 9.05 Å². The molecule has 8 nitrogen and oxygen atoms in total. The fourth-order valence-corrected chi connectivity index (χ4v) is 6.68. The minimum Gasteiger partial charge on any atom is -0.387 e. The fourth-order valence-electron chi connectivity index (χ4n) is 5.94. The van der Waals surface area contributed by atoms with Gasteiger partial charge in [0.25, 0.3) is 0 Å². The number of likely N-dealkylation sites (N-methyl/N-ethyl adjacent to an activating group) is 1. The largest absolute Gasteiger partial charge is 0.472 e. The van der Waals surface area contributed by atoms with Gasteiger partial charge in [0.05, 0.1) is 39.9 Å². The Bertz CT molecular complexity index is 948. The number of aliphatic hydroxyl groups excluding tert-OH is 1. The molecule has 0 rings (SSSR count). The highest BCUT2D eigenvalue weighted by Gasteiger charge is 2.27. The summed E-state index contributed by atoms with van der Waals surface area (Å²) >= 11 is 0. The third-order valence-electron chi connectivity index (χ3n) is 9.31. The fraction of sp³-hybridized carbons (Fsp3) is 0.837. The Morgan fingerprint density at radius 2 is 1.06 bits per heavy atom. The summed E-state index contributed by atoms with van der Waals surface area (Å²) in [5, 5.41) is 13.4. The highest BCUT2D eigenvalue weighted by atomic mass is 31.2. The van der Waals surface area contributed by atoms with Crippen molar-refractivity contribution in [2.24, 2.45) is 0 Å². The van der Waals surface area contributed by atoms with Crippen molar-refractivity contribution in [2.45, 2.75) is 193 Å². The highest BCUT2D eigenvalue weighted by Crippen LogP contribution is 2.43. The van der Waals surface area contributed by atoms with Crippen molar-refractivity contribution in [1.82, 2.24) is 5.32 Å². The number of unbranched alkanes of at least 4 members (excludes halogenated alkanes) is 21. The monoisotopic (exact) mass is 756 g/mol. The molecule has 0 fully saturated rings. The van der Waals surface area contributed by atoms with Crippen molar-refractivity contribution >= 4 is 13.7 Å². The van der Waals surface area contributed by atoms with Crippen molar-refractivity contribution in [2.75, 3.05) is 40.9 Å². The molecule has 0 aromatic rings. The minimum absolute atomic E-state index is 0.0516. The number of carbonyl (C=O) groups is 1. The van der Waals surface area contributed by atoms with Gasteiger partial charge >= 0.3 is 7.82 Å². The van der Waals surface area contributed by atoms with Crippen molar-refractivity contribution in [3.05, 3.63) is 36.5 Å². The van der Waals surface area contributed by atoms with E-state index in [0.717, 1.165) is 25.7 Å². The molecule has 0 saturated carbocycles. The van der Waals surface area contributed by atoms with Crippen molar-refractivity contribution in [3.63, 3.8) is 0 Å². The predicted octanol–water partition coefficient (Wildman–Crippen LogP) is 11.5. The summed E-state index contributed by atoms with van der Waals surface area (Å²) < 4.78 is 23.1. The second kappa shape index (κ2) is 35.4. The average Bonchev–Trinajstić information content (AvgIpc) is 3.08. The van der Waals surface area contributed by atoms with E-state index < -0.39 is 20.0 Å². The van der Waals surface area contributed by atoms with Gasteiger partial charge in [-0.25, -0.2) is 4.57 Å². The van der Waals surface area contributed by atoms with E-state index in [1.807, 2.05) is 34.1 Å². The average molecular weight is 756 g/mol. The van der Waals surface area contributed by atoms with Gasteiger partial charge in [0.15, 0.2) is 0 Å². The maximum absolute atomic E-state index is 12.3. The molecule has 0 radical (unpaired) electrons. The molecule has 0 aliphatic rings. The van der Waals surface area contributed by atoms with Crippen molar-refractivity contribution < 1.29 is 32.9 Å². The Labute approximate surface area is 321 Å². The van der Waals surface area contributed by atoms with Gasteiger partial charge < -0.3 is 19.8 Å². The van der Waals surface area contributed by atoms with Gasteiger partial charge in [-0.1, -0.05) is 166 Å². The number of nitrogens with one attached hydrogen (secondary N) is 1. The van der Waals surface area contributed by atoms with E-state index in [1.165, 1.54) is 128 Å². The van der Waals surface area contributed by atoms with E-state index in [2.05, 4.69) is 36.5 Å². The summed E-state index contributed by atoms with van der Waals surface area (Å²) in [5.41, 5.74) is 0.